The van der Waals surface area contributed by atoms with E-state index in [-0.39, 0.29) is 0 Å². The molecule has 0 bridgehead atoms. The van der Waals surface area contributed by atoms with Crippen LogP contribution in [0.1, 0.15) is 18.9 Å². The number of hydrogen-bond donors (Lipinski definition) is 1. The lowest BCUT2D eigenvalue weighted by Crippen LogP contribution is -2.21. The lowest BCUT2D eigenvalue weighted by atomic mass is 10.3. The Morgan fingerprint density at radius 3 is 2.94 bits per heavy atom. The van der Waals surface area contributed by atoms with Gasteiger partial charge < -0.3 is 5.32 Å². The molecule has 0 radical (unpaired) electrons. The van der Waals surface area contributed by atoms with Crippen molar-refractivity contribution in [2.24, 2.45) is 0 Å². The molecule has 0 saturated heterocycles. The van der Waals surface area contributed by atoms with E-state index in [1.54, 1.807) is 23.1 Å². The molecule has 2 rings (SSSR count). The fraction of sp³-hybridized carbons (Fsp3) is 0.417. The quantitative estimate of drug-likeness (QED) is 0.843. The summed E-state index contributed by atoms with van der Waals surface area (Å²) in [6.07, 6.45) is 2.10. The second-order valence-electron chi connectivity index (χ2n) is 3.98. The van der Waals surface area contributed by atoms with Crippen molar-refractivity contribution in [3.8, 4) is 0 Å². The van der Waals surface area contributed by atoms with E-state index in [0.717, 1.165) is 12.1 Å². The Bertz CT molecular complexity index is 477. The minimum atomic E-state index is 0.508. The van der Waals surface area contributed by atoms with Crippen molar-refractivity contribution < 1.29 is 0 Å². The van der Waals surface area contributed by atoms with Crippen molar-refractivity contribution in [1.29, 1.82) is 0 Å². The first-order chi connectivity index (χ1) is 7.69. The maximum Gasteiger partial charge on any atom is 0.108 e. The van der Waals surface area contributed by atoms with Crippen LogP contribution < -0.4 is 5.32 Å². The number of rotatable bonds is 4. The smallest absolute Gasteiger partial charge is 0.108 e. The van der Waals surface area contributed by atoms with Gasteiger partial charge in [-0.1, -0.05) is 13.8 Å². The third-order valence-electron chi connectivity index (χ3n) is 2.30. The first kappa shape index (κ1) is 11.9. The van der Waals surface area contributed by atoms with Crippen molar-refractivity contribution in [2.75, 3.05) is 6.26 Å². The summed E-state index contributed by atoms with van der Waals surface area (Å²) >= 11 is 3.56. The summed E-state index contributed by atoms with van der Waals surface area (Å²) in [6, 6.07) is 6.97. The maximum atomic E-state index is 4.61. The molecule has 1 aromatic carbocycles. The highest BCUT2D eigenvalue weighted by Crippen LogP contribution is 2.26. The Kier molecular flexibility index (Phi) is 3.84. The molecular formula is C12H16N2S2. The van der Waals surface area contributed by atoms with Crippen LogP contribution in [0.5, 0.6) is 0 Å². The second kappa shape index (κ2) is 5.17. The van der Waals surface area contributed by atoms with E-state index in [2.05, 4.69) is 48.6 Å². The van der Waals surface area contributed by atoms with Gasteiger partial charge in [-0.3, -0.25) is 0 Å². The highest BCUT2D eigenvalue weighted by molar-refractivity contribution is 7.98. The molecule has 0 aliphatic heterocycles. The number of thioether (sulfide) groups is 1. The zero-order valence-electron chi connectivity index (χ0n) is 9.78. The molecule has 0 aliphatic rings. The second-order valence-corrected chi connectivity index (χ2v) is 5.97. The van der Waals surface area contributed by atoms with Gasteiger partial charge in [-0.15, -0.1) is 23.1 Å². The van der Waals surface area contributed by atoms with Gasteiger partial charge in [0.25, 0.3) is 0 Å². The molecule has 0 spiro atoms. The van der Waals surface area contributed by atoms with Crippen molar-refractivity contribution in [2.45, 2.75) is 31.3 Å². The van der Waals surface area contributed by atoms with Crippen LogP contribution in [-0.4, -0.2) is 17.3 Å². The molecule has 0 saturated carbocycles. The van der Waals surface area contributed by atoms with E-state index in [4.69, 9.17) is 0 Å². The number of hydrogen-bond acceptors (Lipinski definition) is 4. The first-order valence-electron chi connectivity index (χ1n) is 5.36. The minimum Gasteiger partial charge on any atom is -0.308 e. The fourth-order valence-electron chi connectivity index (χ4n) is 1.45. The zero-order valence-corrected chi connectivity index (χ0v) is 11.4. The van der Waals surface area contributed by atoms with Crippen molar-refractivity contribution in [3.63, 3.8) is 0 Å². The Labute approximate surface area is 104 Å². The average Bonchev–Trinajstić information content (AvgIpc) is 2.67. The number of nitrogens with one attached hydrogen (secondary N) is 1. The highest BCUT2D eigenvalue weighted by Gasteiger charge is 2.04. The molecule has 86 valence electrons. The monoisotopic (exact) mass is 252 g/mol. The number of fused-ring (bicyclic) bond motifs is 1. The average molecular weight is 252 g/mol. The third kappa shape index (κ3) is 2.75. The summed E-state index contributed by atoms with van der Waals surface area (Å²) in [5.74, 6) is 0. The van der Waals surface area contributed by atoms with Crippen molar-refractivity contribution in [1.82, 2.24) is 10.3 Å². The van der Waals surface area contributed by atoms with E-state index in [1.807, 2.05) is 0 Å². The standard InChI is InChI=1S/C12H16N2S2/c1-8(2)13-7-12-14-10-5-4-9(15-3)6-11(10)16-12/h4-6,8,13H,7H2,1-3H3. The fourth-order valence-corrected chi connectivity index (χ4v) is 2.92. The van der Waals surface area contributed by atoms with Gasteiger partial charge in [-0.05, 0) is 24.5 Å². The predicted octanol–water partition coefficient (Wildman–Crippen LogP) is 3.52. The predicted molar refractivity (Wildman–Crippen MR) is 73.4 cm³/mol. The number of benzene rings is 1. The van der Waals surface area contributed by atoms with Gasteiger partial charge in [0.05, 0.1) is 10.2 Å². The van der Waals surface area contributed by atoms with E-state index in [1.165, 1.54) is 14.6 Å². The van der Waals surface area contributed by atoms with Gasteiger partial charge in [-0.2, -0.15) is 0 Å². The molecule has 0 fully saturated rings. The van der Waals surface area contributed by atoms with Gasteiger partial charge in [0.15, 0.2) is 0 Å². The van der Waals surface area contributed by atoms with Gasteiger partial charge in [0, 0.05) is 17.5 Å². The summed E-state index contributed by atoms with van der Waals surface area (Å²) in [5.41, 5.74) is 1.11. The molecule has 1 heterocycles. The van der Waals surface area contributed by atoms with Crippen molar-refractivity contribution in [3.05, 3.63) is 23.2 Å². The molecule has 2 nitrogen and oxygen atoms in total. The van der Waals surface area contributed by atoms with Crippen LogP contribution in [0, 0.1) is 0 Å². The van der Waals surface area contributed by atoms with Crippen LogP contribution in [0.3, 0.4) is 0 Å². The van der Waals surface area contributed by atoms with Crippen molar-refractivity contribution >= 4 is 33.3 Å². The number of nitrogens with zero attached hydrogens (tertiary/aromatic N) is 1. The molecule has 1 aromatic heterocycles. The lowest BCUT2D eigenvalue weighted by Gasteiger charge is -2.04. The van der Waals surface area contributed by atoms with Crippen LogP contribution in [0.15, 0.2) is 23.1 Å². The number of thiazole rings is 1. The minimum absolute atomic E-state index is 0.508. The van der Waals surface area contributed by atoms with E-state index < -0.39 is 0 Å². The maximum absolute atomic E-state index is 4.61. The summed E-state index contributed by atoms with van der Waals surface area (Å²) in [6.45, 7) is 5.17. The Morgan fingerprint density at radius 1 is 1.44 bits per heavy atom. The first-order valence-corrected chi connectivity index (χ1v) is 7.40. The molecule has 0 aliphatic carbocycles. The normalized spacial score (nSPS) is 11.5. The van der Waals surface area contributed by atoms with E-state index >= 15 is 0 Å². The summed E-state index contributed by atoms with van der Waals surface area (Å²) in [5, 5.41) is 4.56. The van der Waals surface area contributed by atoms with Crippen LogP contribution >= 0.6 is 23.1 Å². The molecular weight excluding hydrogens is 236 g/mol. The third-order valence-corrected chi connectivity index (χ3v) is 4.04. The van der Waals surface area contributed by atoms with Gasteiger partial charge in [0.2, 0.25) is 0 Å². The summed E-state index contributed by atoms with van der Waals surface area (Å²) in [7, 11) is 0. The summed E-state index contributed by atoms with van der Waals surface area (Å²) < 4.78 is 1.28. The van der Waals surface area contributed by atoms with Gasteiger partial charge in [-0.25, -0.2) is 4.98 Å². The SMILES string of the molecule is CSc1ccc2nc(CNC(C)C)sc2c1. The van der Waals surface area contributed by atoms with Crippen LogP contribution in [0.2, 0.25) is 0 Å². The van der Waals surface area contributed by atoms with Crippen LogP contribution in [-0.2, 0) is 6.54 Å². The molecule has 0 unspecified atom stereocenters. The molecule has 0 amide bonds. The Balaban J connectivity index is 2.22. The van der Waals surface area contributed by atoms with E-state index in [9.17, 15) is 0 Å². The van der Waals surface area contributed by atoms with E-state index in [0.29, 0.717) is 6.04 Å². The summed E-state index contributed by atoms with van der Waals surface area (Å²) in [4.78, 5) is 5.91. The largest absolute Gasteiger partial charge is 0.308 e. The molecule has 4 heteroatoms. The van der Waals surface area contributed by atoms with Crippen LogP contribution in [0.4, 0.5) is 0 Å². The Hall–Kier alpha value is -0.580. The topological polar surface area (TPSA) is 24.9 Å². The zero-order chi connectivity index (χ0) is 11.5. The lowest BCUT2D eigenvalue weighted by molar-refractivity contribution is 0.588. The molecule has 1 N–H and O–H groups in total. The van der Waals surface area contributed by atoms with Gasteiger partial charge in [0.1, 0.15) is 5.01 Å². The molecule has 0 atom stereocenters. The molecule has 16 heavy (non-hydrogen) atoms. The Morgan fingerprint density at radius 2 is 2.25 bits per heavy atom. The van der Waals surface area contributed by atoms with Crippen LogP contribution in [0.25, 0.3) is 10.2 Å². The van der Waals surface area contributed by atoms with Gasteiger partial charge >= 0.3 is 0 Å². The number of aromatic nitrogens is 1. The molecule has 2 aromatic rings. The highest BCUT2D eigenvalue weighted by atomic mass is 32.2.